The van der Waals surface area contributed by atoms with Crippen molar-refractivity contribution in [3.63, 3.8) is 0 Å². The van der Waals surface area contributed by atoms with Gasteiger partial charge in [-0.2, -0.15) is 0 Å². The van der Waals surface area contributed by atoms with Gasteiger partial charge in [-0.3, -0.25) is 14.4 Å². The number of halogens is 1. The van der Waals surface area contributed by atoms with Crippen LogP contribution in [-0.2, 0) is 26.7 Å². The van der Waals surface area contributed by atoms with E-state index >= 15 is 0 Å². The fourth-order valence-electron chi connectivity index (χ4n) is 5.76. The number of benzene rings is 2. The summed E-state index contributed by atoms with van der Waals surface area (Å²) in [6.45, 7) is 5.94. The average molecular weight is 587 g/mol. The van der Waals surface area contributed by atoms with Crippen LogP contribution in [0.3, 0.4) is 0 Å². The first-order chi connectivity index (χ1) is 20.2. The normalized spacial score (nSPS) is 18.1. The van der Waals surface area contributed by atoms with Crippen molar-refractivity contribution < 1.29 is 23.0 Å². The summed E-state index contributed by atoms with van der Waals surface area (Å²) in [6, 6.07) is 11.4. The SMILES string of the molecule is C=C(OS(=C)C(=O)C1CCCC1)C(=O)c1c(C2=CC=CCC(N)C2=O)c2cc(CC)ccc2n1Cc1ccccc1F. The lowest BCUT2D eigenvalue weighted by Crippen LogP contribution is -2.30. The molecule has 0 aliphatic heterocycles. The van der Waals surface area contributed by atoms with Crippen LogP contribution in [0.25, 0.3) is 16.5 Å². The zero-order valence-electron chi connectivity index (χ0n) is 23.7. The zero-order valence-corrected chi connectivity index (χ0v) is 24.6. The minimum absolute atomic E-state index is 0.0173. The van der Waals surface area contributed by atoms with E-state index < -0.39 is 28.4 Å². The summed E-state index contributed by atoms with van der Waals surface area (Å²) in [5.41, 5.74) is 9.05. The number of hydrogen-bond acceptors (Lipinski definition) is 5. The molecule has 0 bridgehead atoms. The molecule has 0 spiro atoms. The molecule has 5 rings (SSSR count). The molecule has 42 heavy (non-hydrogen) atoms. The van der Waals surface area contributed by atoms with Crippen molar-refractivity contribution >= 4 is 49.8 Å². The van der Waals surface area contributed by atoms with Crippen LogP contribution in [0.5, 0.6) is 0 Å². The standard InChI is InChI=1S/C34H35FN2O4S/c1-4-22-17-18-29-26(19-22)30(25-14-8-10-16-28(36)33(25)39)31(37(29)20-24-13-7-9-15-27(24)35)32(38)21(2)41-42(3)34(40)23-11-5-6-12-23/h7-10,13-15,17-19,23,28H,2-6,11-12,16,20,36H2,1H3. The second-order valence-corrected chi connectivity index (χ2v) is 12.1. The number of aryl methyl sites for hydroxylation is 1. The molecule has 8 heteroatoms. The van der Waals surface area contributed by atoms with E-state index in [1.165, 1.54) is 6.07 Å². The molecule has 2 aromatic carbocycles. The maximum absolute atomic E-state index is 14.9. The minimum Gasteiger partial charge on any atom is -0.424 e. The largest absolute Gasteiger partial charge is 0.424 e. The Bertz CT molecular complexity index is 1680. The Morgan fingerprint density at radius 2 is 1.90 bits per heavy atom. The van der Waals surface area contributed by atoms with Gasteiger partial charge >= 0.3 is 0 Å². The van der Waals surface area contributed by atoms with E-state index in [9.17, 15) is 18.8 Å². The van der Waals surface area contributed by atoms with Gasteiger partial charge in [-0.1, -0.05) is 68.8 Å². The third kappa shape index (κ3) is 5.74. The van der Waals surface area contributed by atoms with E-state index in [0.717, 1.165) is 37.7 Å². The Labute approximate surface area is 247 Å². The molecule has 2 aliphatic carbocycles. The van der Waals surface area contributed by atoms with Crippen molar-refractivity contribution in [1.29, 1.82) is 0 Å². The summed E-state index contributed by atoms with van der Waals surface area (Å²) in [7, 11) is -1.42. The van der Waals surface area contributed by atoms with Gasteiger partial charge < -0.3 is 14.5 Å². The number of Topliss-reactive ketones (excluding diaryl/α,β-unsaturated/α-hetero) is 2. The van der Waals surface area contributed by atoms with Crippen LogP contribution < -0.4 is 5.73 Å². The number of aromatic nitrogens is 1. The summed E-state index contributed by atoms with van der Waals surface area (Å²) in [4.78, 5) is 40.9. The third-order valence-corrected chi connectivity index (χ3v) is 9.25. The van der Waals surface area contributed by atoms with Gasteiger partial charge in [-0.15, -0.1) is 0 Å². The van der Waals surface area contributed by atoms with E-state index in [2.05, 4.69) is 12.4 Å². The highest BCUT2D eigenvalue weighted by Crippen LogP contribution is 2.38. The summed E-state index contributed by atoms with van der Waals surface area (Å²) in [5, 5.41) is 0.540. The van der Waals surface area contributed by atoms with Gasteiger partial charge in [0.25, 0.3) is 0 Å². The predicted molar refractivity (Wildman–Crippen MR) is 168 cm³/mol. The summed E-state index contributed by atoms with van der Waals surface area (Å²) >= 11 is 0. The van der Waals surface area contributed by atoms with Crippen LogP contribution >= 0.6 is 10.8 Å². The highest BCUT2D eigenvalue weighted by Gasteiger charge is 2.33. The molecule has 1 fully saturated rings. The van der Waals surface area contributed by atoms with Crippen LogP contribution in [-0.4, -0.2) is 33.2 Å². The Morgan fingerprint density at radius 3 is 2.62 bits per heavy atom. The molecule has 1 saturated carbocycles. The third-order valence-electron chi connectivity index (χ3n) is 8.07. The van der Waals surface area contributed by atoms with Gasteiger partial charge in [0.05, 0.1) is 23.4 Å². The zero-order chi connectivity index (χ0) is 30.0. The van der Waals surface area contributed by atoms with E-state index in [-0.39, 0.29) is 40.4 Å². The fourth-order valence-corrected chi connectivity index (χ4v) is 6.76. The topological polar surface area (TPSA) is 91.4 Å². The molecule has 1 heterocycles. The Morgan fingerprint density at radius 1 is 1.17 bits per heavy atom. The van der Waals surface area contributed by atoms with Crippen LogP contribution in [0, 0.1) is 11.7 Å². The van der Waals surface area contributed by atoms with Crippen LogP contribution in [0.4, 0.5) is 4.39 Å². The van der Waals surface area contributed by atoms with E-state index in [0.29, 0.717) is 28.5 Å². The smallest absolute Gasteiger partial charge is 0.245 e. The van der Waals surface area contributed by atoms with Crippen molar-refractivity contribution in [2.75, 3.05) is 0 Å². The number of ketones is 2. The molecular weight excluding hydrogens is 551 g/mol. The first-order valence-electron chi connectivity index (χ1n) is 14.3. The summed E-state index contributed by atoms with van der Waals surface area (Å²) < 4.78 is 22.5. The molecule has 6 nitrogen and oxygen atoms in total. The molecule has 0 saturated heterocycles. The lowest BCUT2D eigenvalue weighted by molar-refractivity contribution is -0.115. The highest BCUT2D eigenvalue weighted by atomic mass is 32.2. The minimum atomic E-state index is -1.42. The van der Waals surface area contributed by atoms with Gasteiger partial charge in [0.1, 0.15) is 11.5 Å². The maximum atomic E-state index is 14.9. The Balaban J connectivity index is 1.69. The number of rotatable bonds is 9. The first-order valence-corrected chi connectivity index (χ1v) is 15.6. The van der Waals surface area contributed by atoms with Crippen molar-refractivity contribution in [3.8, 4) is 0 Å². The van der Waals surface area contributed by atoms with E-state index in [4.69, 9.17) is 9.92 Å². The average Bonchev–Trinajstić information content (AvgIpc) is 3.60. The highest BCUT2D eigenvalue weighted by molar-refractivity contribution is 8.23. The van der Waals surface area contributed by atoms with Gasteiger partial charge in [-0.05, 0) is 55.3 Å². The number of nitrogens with zero attached hydrogens (tertiary/aromatic N) is 1. The van der Waals surface area contributed by atoms with E-state index in [1.807, 2.05) is 31.2 Å². The summed E-state index contributed by atoms with van der Waals surface area (Å²) in [5.74, 6) is 2.19. The molecule has 3 aromatic rings. The van der Waals surface area contributed by atoms with Crippen LogP contribution in [0.2, 0.25) is 0 Å². The molecule has 2 aliphatic rings. The predicted octanol–water partition coefficient (Wildman–Crippen LogP) is 6.68. The molecule has 2 unspecified atom stereocenters. The van der Waals surface area contributed by atoms with Crippen molar-refractivity contribution in [1.82, 2.24) is 4.57 Å². The molecule has 1 aromatic heterocycles. The number of carbonyl (C=O) groups is 3. The fraction of sp³-hybridized carbons (Fsp3) is 0.294. The summed E-state index contributed by atoms with van der Waals surface area (Å²) in [6.07, 6.45) is 9.87. The van der Waals surface area contributed by atoms with Gasteiger partial charge in [-0.25, -0.2) is 4.39 Å². The molecule has 0 amide bonds. The first kappa shape index (κ1) is 29.6. The second-order valence-electron chi connectivity index (χ2n) is 10.8. The number of fused-ring (bicyclic) bond motifs is 1. The number of allylic oxidation sites excluding steroid dienone is 3. The lowest BCUT2D eigenvalue weighted by Gasteiger charge is -2.17. The number of hydrogen-bond donors (Lipinski definition) is 1. The number of carbonyl (C=O) groups excluding carboxylic acids is 3. The van der Waals surface area contributed by atoms with Crippen molar-refractivity contribution in [2.45, 2.75) is 58.0 Å². The molecule has 218 valence electrons. The molecule has 2 N–H and O–H groups in total. The van der Waals surface area contributed by atoms with Crippen LogP contribution in [0.15, 0.2) is 73.0 Å². The Hall–Kier alpha value is -3.88. The quantitative estimate of drug-likeness (QED) is 0.131. The Kier molecular flexibility index (Phi) is 8.85. The molecule has 0 radical (unpaired) electrons. The van der Waals surface area contributed by atoms with Gasteiger partial charge in [0, 0.05) is 33.5 Å². The molecular formula is C34H35FN2O4S. The van der Waals surface area contributed by atoms with Gasteiger partial charge in [0.15, 0.2) is 11.5 Å². The lowest BCUT2D eigenvalue weighted by atomic mass is 9.92. The van der Waals surface area contributed by atoms with Gasteiger partial charge in [0.2, 0.25) is 10.9 Å². The van der Waals surface area contributed by atoms with E-state index in [1.54, 1.807) is 34.9 Å². The van der Waals surface area contributed by atoms with Crippen LogP contribution in [0.1, 0.15) is 66.2 Å². The maximum Gasteiger partial charge on any atom is 0.245 e. The number of nitrogens with two attached hydrogens (primary N) is 1. The second kappa shape index (κ2) is 12.5. The molecule has 2 atom stereocenters. The monoisotopic (exact) mass is 586 g/mol. The van der Waals surface area contributed by atoms with Crippen molar-refractivity contribution in [3.05, 3.63) is 101 Å². The van der Waals surface area contributed by atoms with Crippen molar-refractivity contribution in [2.24, 2.45) is 11.7 Å².